The molecular weight excluding hydrogens is 280 g/mol. The molecule has 1 N–H and O–H groups in total. The van der Waals surface area contributed by atoms with Crippen LogP contribution in [-0.4, -0.2) is 50.9 Å². The van der Waals surface area contributed by atoms with Crippen LogP contribution in [-0.2, 0) is 13.6 Å². The molecule has 1 atom stereocenters. The van der Waals surface area contributed by atoms with Crippen molar-refractivity contribution in [2.75, 3.05) is 29.9 Å². The Labute approximate surface area is 130 Å². The van der Waals surface area contributed by atoms with Gasteiger partial charge >= 0.3 is 0 Å². The lowest BCUT2D eigenvalue weighted by Crippen LogP contribution is -2.39. The molecule has 0 radical (unpaired) electrons. The molecule has 1 saturated heterocycles. The molecule has 1 fully saturated rings. The van der Waals surface area contributed by atoms with Crippen molar-refractivity contribution in [1.82, 2.24) is 19.5 Å². The second-order valence-electron chi connectivity index (χ2n) is 5.77. The molecule has 3 rings (SSSR count). The average molecular weight is 302 g/mol. The van der Waals surface area contributed by atoms with E-state index in [9.17, 15) is 5.11 Å². The van der Waals surface area contributed by atoms with Crippen molar-refractivity contribution in [2.24, 2.45) is 7.05 Å². The van der Waals surface area contributed by atoms with Crippen molar-refractivity contribution in [3.63, 3.8) is 0 Å². The number of β-amino-alcohol motifs (C(OH)–C–C–N with tert-alkyl or cyclic N) is 1. The number of imidazole rings is 1. The lowest BCUT2D eigenvalue weighted by Gasteiger charge is -2.31. The van der Waals surface area contributed by atoms with Gasteiger partial charge < -0.3 is 19.5 Å². The predicted octanol–water partition coefficient (Wildman–Crippen LogP) is 0.808. The highest BCUT2D eigenvalue weighted by molar-refractivity contribution is 5.44. The molecule has 7 heteroatoms. The first-order valence-corrected chi connectivity index (χ1v) is 7.57. The summed E-state index contributed by atoms with van der Waals surface area (Å²) in [7, 11) is 3.93. The Bertz CT molecular complexity index is 628. The van der Waals surface area contributed by atoms with E-state index in [-0.39, 0.29) is 6.10 Å². The van der Waals surface area contributed by atoms with E-state index >= 15 is 0 Å². The van der Waals surface area contributed by atoms with Gasteiger partial charge in [-0.25, -0.2) is 9.97 Å². The van der Waals surface area contributed by atoms with E-state index in [0.717, 1.165) is 31.0 Å². The van der Waals surface area contributed by atoms with Gasteiger partial charge in [-0.2, -0.15) is 4.98 Å². The normalized spacial score (nSPS) is 18.5. The molecule has 118 valence electrons. The van der Waals surface area contributed by atoms with Crippen LogP contribution in [0.5, 0.6) is 0 Å². The predicted molar refractivity (Wildman–Crippen MR) is 84.8 cm³/mol. The van der Waals surface area contributed by atoms with Gasteiger partial charge in [0.1, 0.15) is 11.6 Å². The number of anilines is 2. The van der Waals surface area contributed by atoms with Crippen LogP contribution in [0.15, 0.2) is 24.7 Å². The van der Waals surface area contributed by atoms with Crippen LogP contribution in [0.1, 0.15) is 18.7 Å². The minimum Gasteiger partial charge on any atom is -0.391 e. The zero-order valence-corrected chi connectivity index (χ0v) is 13.1. The maximum atomic E-state index is 9.81. The summed E-state index contributed by atoms with van der Waals surface area (Å²) in [5.41, 5.74) is 0. The van der Waals surface area contributed by atoms with Gasteiger partial charge in [-0.3, -0.25) is 0 Å². The summed E-state index contributed by atoms with van der Waals surface area (Å²) >= 11 is 0. The summed E-state index contributed by atoms with van der Waals surface area (Å²) in [6.45, 7) is 2.21. The molecule has 0 spiro atoms. The fraction of sp³-hybridized carbons (Fsp3) is 0.533. The van der Waals surface area contributed by atoms with Gasteiger partial charge in [-0.05, 0) is 18.9 Å². The van der Waals surface area contributed by atoms with Crippen molar-refractivity contribution in [2.45, 2.75) is 25.5 Å². The van der Waals surface area contributed by atoms with Crippen LogP contribution >= 0.6 is 0 Å². The number of rotatable bonds is 4. The van der Waals surface area contributed by atoms with Crippen molar-refractivity contribution in [1.29, 1.82) is 0 Å². The van der Waals surface area contributed by atoms with Crippen LogP contribution < -0.4 is 9.80 Å². The highest BCUT2D eigenvalue weighted by Crippen LogP contribution is 2.19. The first-order chi connectivity index (χ1) is 10.6. The molecule has 2 aromatic rings. The Balaban J connectivity index is 1.74. The number of hydrogen-bond acceptors (Lipinski definition) is 6. The monoisotopic (exact) mass is 302 g/mol. The molecule has 22 heavy (non-hydrogen) atoms. The molecule has 1 aliphatic rings. The fourth-order valence-electron chi connectivity index (χ4n) is 2.69. The highest BCUT2D eigenvalue weighted by atomic mass is 16.3. The van der Waals surface area contributed by atoms with Crippen LogP contribution in [0.2, 0.25) is 0 Å². The third-order valence-electron chi connectivity index (χ3n) is 3.99. The first-order valence-electron chi connectivity index (χ1n) is 7.57. The number of aliphatic hydroxyl groups is 1. The molecule has 0 amide bonds. The average Bonchev–Trinajstić information content (AvgIpc) is 2.92. The standard InChI is InChI=1S/C15H22N6O/c1-19-9-7-16-14(19)11-20(2)15-17-6-5-13(18-15)21-8-3-4-12(22)10-21/h5-7,9,12,22H,3-4,8,10-11H2,1-2H3. The van der Waals surface area contributed by atoms with E-state index in [1.54, 1.807) is 12.4 Å². The van der Waals surface area contributed by atoms with E-state index in [2.05, 4.69) is 19.9 Å². The molecule has 0 aliphatic carbocycles. The quantitative estimate of drug-likeness (QED) is 0.901. The highest BCUT2D eigenvalue weighted by Gasteiger charge is 2.19. The topological polar surface area (TPSA) is 70.3 Å². The van der Waals surface area contributed by atoms with Crippen molar-refractivity contribution >= 4 is 11.8 Å². The Morgan fingerprint density at radius 1 is 1.36 bits per heavy atom. The number of hydrogen-bond donors (Lipinski definition) is 1. The Morgan fingerprint density at radius 3 is 2.95 bits per heavy atom. The van der Waals surface area contributed by atoms with Gasteiger partial charge in [0.15, 0.2) is 0 Å². The van der Waals surface area contributed by atoms with Gasteiger partial charge in [0, 0.05) is 45.8 Å². The Morgan fingerprint density at radius 2 is 2.23 bits per heavy atom. The third-order valence-corrected chi connectivity index (χ3v) is 3.99. The van der Waals surface area contributed by atoms with Crippen molar-refractivity contribution < 1.29 is 5.11 Å². The minimum atomic E-state index is -0.266. The van der Waals surface area contributed by atoms with E-state index in [4.69, 9.17) is 0 Å². The lowest BCUT2D eigenvalue weighted by atomic mass is 10.1. The molecule has 0 saturated carbocycles. The third kappa shape index (κ3) is 3.19. The molecule has 2 aromatic heterocycles. The summed E-state index contributed by atoms with van der Waals surface area (Å²) in [4.78, 5) is 17.4. The number of aliphatic hydroxyl groups excluding tert-OH is 1. The summed E-state index contributed by atoms with van der Waals surface area (Å²) in [5.74, 6) is 2.50. The number of nitrogens with zero attached hydrogens (tertiary/aromatic N) is 6. The van der Waals surface area contributed by atoms with Gasteiger partial charge in [-0.1, -0.05) is 0 Å². The summed E-state index contributed by atoms with van der Waals surface area (Å²) in [5, 5.41) is 9.81. The molecule has 7 nitrogen and oxygen atoms in total. The molecule has 1 unspecified atom stereocenters. The summed E-state index contributed by atoms with van der Waals surface area (Å²) in [6.07, 6.45) is 7.08. The Hall–Kier alpha value is -2.15. The van der Waals surface area contributed by atoms with Crippen LogP contribution in [0.4, 0.5) is 11.8 Å². The number of piperidine rings is 1. The van der Waals surface area contributed by atoms with Gasteiger partial charge in [0.2, 0.25) is 5.95 Å². The van der Waals surface area contributed by atoms with E-state index < -0.39 is 0 Å². The van der Waals surface area contributed by atoms with Gasteiger partial charge in [0.05, 0.1) is 12.6 Å². The van der Waals surface area contributed by atoms with E-state index in [1.807, 2.05) is 35.8 Å². The van der Waals surface area contributed by atoms with Crippen molar-refractivity contribution in [3.05, 3.63) is 30.5 Å². The second kappa shape index (κ2) is 6.31. The van der Waals surface area contributed by atoms with Crippen LogP contribution in [0.25, 0.3) is 0 Å². The number of aromatic nitrogens is 4. The summed E-state index contributed by atoms with van der Waals surface area (Å²) in [6, 6.07) is 1.90. The lowest BCUT2D eigenvalue weighted by molar-refractivity contribution is 0.154. The molecule has 0 bridgehead atoms. The first kappa shape index (κ1) is 14.8. The summed E-state index contributed by atoms with van der Waals surface area (Å²) < 4.78 is 1.99. The molecular formula is C15H22N6O. The zero-order valence-electron chi connectivity index (χ0n) is 13.1. The Kier molecular flexibility index (Phi) is 4.24. The largest absolute Gasteiger partial charge is 0.391 e. The SMILES string of the molecule is CN(Cc1nccn1C)c1nccc(N2CCCC(O)C2)n1. The maximum absolute atomic E-state index is 9.81. The number of aryl methyl sites for hydroxylation is 1. The van der Waals surface area contributed by atoms with E-state index in [1.165, 1.54) is 0 Å². The molecule has 0 aromatic carbocycles. The minimum absolute atomic E-state index is 0.266. The van der Waals surface area contributed by atoms with Crippen LogP contribution in [0.3, 0.4) is 0 Å². The van der Waals surface area contributed by atoms with E-state index in [0.29, 0.717) is 19.0 Å². The zero-order chi connectivity index (χ0) is 15.5. The second-order valence-corrected chi connectivity index (χ2v) is 5.77. The fourth-order valence-corrected chi connectivity index (χ4v) is 2.69. The molecule has 1 aliphatic heterocycles. The van der Waals surface area contributed by atoms with Gasteiger partial charge in [-0.15, -0.1) is 0 Å². The smallest absolute Gasteiger partial charge is 0.227 e. The van der Waals surface area contributed by atoms with Gasteiger partial charge in [0.25, 0.3) is 0 Å². The molecule has 3 heterocycles. The van der Waals surface area contributed by atoms with Crippen LogP contribution in [0, 0.1) is 0 Å². The van der Waals surface area contributed by atoms with Crippen molar-refractivity contribution in [3.8, 4) is 0 Å². The maximum Gasteiger partial charge on any atom is 0.227 e.